The van der Waals surface area contributed by atoms with Gasteiger partial charge in [0.15, 0.2) is 0 Å². The van der Waals surface area contributed by atoms with E-state index in [2.05, 4.69) is 82.7 Å². The van der Waals surface area contributed by atoms with E-state index >= 15 is 0 Å². The van der Waals surface area contributed by atoms with E-state index < -0.39 is 0 Å². The van der Waals surface area contributed by atoms with Gasteiger partial charge in [0.05, 0.1) is 18.5 Å². The highest BCUT2D eigenvalue weighted by Crippen LogP contribution is 2.33. The van der Waals surface area contributed by atoms with Crippen molar-refractivity contribution in [3.63, 3.8) is 0 Å². The summed E-state index contributed by atoms with van der Waals surface area (Å²) in [4.78, 5) is 8.87. The number of aromatic nitrogens is 5. The Hall–Kier alpha value is -3.54. The number of nitrogens with zero attached hydrogens (tertiary/aromatic N) is 5. The Morgan fingerprint density at radius 2 is 1.64 bits per heavy atom. The highest BCUT2D eigenvalue weighted by Gasteiger charge is 2.24. The minimum absolute atomic E-state index is 0.0765. The molecule has 0 spiro atoms. The highest BCUT2D eigenvalue weighted by atomic mass is 16.5. The van der Waals surface area contributed by atoms with E-state index in [4.69, 9.17) is 4.74 Å². The van der Waals surface area contributed by atoms with E-state index in [1.807, 2.05) is 6.07 Å². The largest absolute Gasteiger partial charge is 0.490 e. The summed E-state index contributed by atoms with van der Waals surface area (Å²) in [5.41, 5.74) is 4.79. The second-order valence-corrected chi connectivity index (χ2v) is 9.21. The molecular weight excluding hydrogens is 410 g/mol. The van der Waals surface area contributed by atoms with Gasteiger partial charge in [0.2, 0.25) is 0 Å². The molecule has 0 bridgehead atoms. The minimum Gasteiger partial charge on any atom is -0.490 e. The molecule has 6 nitrogen and oxygen atoms in total. The molecule has 4 aromatic rings. The topological polar surface area (TPSA) is 65.7 Å². The zero-order valence-electron chi connectivity index (χ0n) is 19.2. The lowest BCUT2D eigenvalue weighted by Crippen LogP contribution is -2.24. The van der Waals surface area contributed by atoms with Crippen molar-refractivity contribution < 1.29 is 4.74 Å². The van der Waals surface area contributed by atoms with Crippen LogP contribution in [0.4, 0.5) is 0 Å². The molecule has 0 unspecified atom stereocenters. The van der Waals surface area contributed by atoms with E-state index in [1.54, 1.807) is 23.3 Å². The fourth-order valence-corrected chi connectivity index (χ4v) is 4.11. The van der Waals surface area contributed by atoms with Crippen molar-refractivity contribution in [3.8, 4) is 11.7 Å². The van der Waals surface area contributed by atoms with Crippen LogP contribution in [0.25, 0.3) is 5.95 Å². The van der Waals surface area contributed by atoms with Crippen LogP contribution in [-0.4, -0.2) is 31.1 Å². The van der Waals surface area contributed by atoms with Crippen LogP contribution in [0.1, 0.15) is 55.5 Å². The van der Waals surface area contributed by atoms with Crippen LogP contribution in [0.2, 0.25) is 0 Å². The van der Waals surface area contributed by atoms with Crippen molar-refractivity contribution in [2.24, 2.45) is 0 Å². The van der Waals surface area contributed by atoms with Gasteiger partial charge in [-0.2, -0.15) is 4.68 Å². The fraction of sp³-hybridized carbons (Fsp3) is 0.333. The van der Waals surface area contributed by atoms with Crippen molar-refractivity contribution in [2.45, 2.75) is 57.5 Å². The van der Waals surface area contributed by atoms with E-state index in [9.17, 15) is 0 Å². The third-order valence-electron chi connectivity index (χ3n) is 6.60. The van der Waals surface area contributed by atoms with Crippen molar-refractivity contribution in [1.82, 2.24) is 25.0 Å². The monoisotopic (exact) mass is 439 g/mol. The van der Waals surface area contributed by atoms with Crippen LogP contribution in [0, 0.1) is 0 Å². The summed E-state index contributed by atoms with van der Waals surface area (Å²) in [6, 6.07) is 19.5. The van der Waals surface area contributed by atoms with Crippen molar-refractivity contribution in [1.29, 1.82) is 0 Å². The number of hydrogen-bond donors (Lipinski definition) is 0. The molecule has 168 valence electrons. The summed E-state index contributed by atoms with van der Waals surface area (Å²) in [5, 5.41) is 7.78. The van der Waals surface area contributed by atoms with Crippen molar-refractivity contribution in [2.75, 3.05) is 0 Å². The molecule has 1 aliphatic rings. The zero-order chi connectivity index (χ0) is 22.7. The molecule has 2 aromatic carbocycles. The third-order valence-corrected chi connectivity index (χ3v) is 6.60. The summed E-state index contributed by atoms with van der Waals surface area (Å²) in [7, 11) is 0. The number of aryl methyl sites for hydroxylation is 2. The number of ether oxygens (including phenoxy) is 1. The maximum Gasteiger partial charge on any atom is 0.252 e. The Labute approximate surface area is 194 Å². The average Bonchev–Trinajstić information content (AvgIpc) is 3.36. The van der Waals surface area contributed by atoms with E-state index in [0.29, 0.717) is 12.1 Å². The normalized spacial score (nSPS) is 14.1. The number of hydrogen-bond acceptors (Lipinski definition) is 5. The van der Waals surface area contributed by atoms with Crippen LogP contribution in [-0.2, 0) is 18.3 Å². The molecule has 0 radical (unpaired) electrons. The molecule has 1 fully saturated rings. The van der Waals surface area contributed by atoms with Crippen LogP contribution < -0.4 is 4.74 Å². The Morgan fingerprint density at radius 3 is 2.27 bits per heavy atom. The van der Waals surface area contributed by atoms with Gasteiger partial charge in [-0.05, 0) is 67.0 Å². The number of rotatable bonds is 8. The maximum absolute atomic E-state index is 6.01. The summed E-state index contributed by atoms with van der Waals surface area (Å²) < 4.78 is 7.59. The van der Waals surface area contributed by atoms with Crippen LogP contribution >= 0.6 is 0 Å². The molecule has 0 N–H and O–H groups in total. The smallest absolute Gasteiger partial charge is 0.252 e. The Morgan fingerprint density at radius 1 is 0.909 bits per heavy atom. The first-order valence-corrected chi connectivity index (χ1v) is 11.6. The lowest BCUT2D eigenvalue weighted by molar-refractivity contribution is 0.120. The van der Waals surface area contributed by atoms with Gasteiger partial charge in [-0.1, -0.05) is 55.5 Å². The summed E-state index contributed by atoms with van der Waals surface area (Å²) in [6.45, 7) is 4.55. The summed E-state index contributed by atoms with van der Waals surface area (Å²) >= 11 is 0. The highest BCUT2D eigenvalue weighted by molar-refractivity contribution is 5.41. The predicted molar refractivity (Wildman–Crippen MR) is 128 cm³/mol. The molecule has 1 saturated carbocycles. The van der Waals surface area contributed by atoms with E-state index in [-0.39, 0.29) is 5.41 Å². The molecular formula is C27H29N5O. The molecule has 6 heteroatoms. The lowest BCUT2D eigenvalue weighted by Gasteiger charge is -2.28. The van der Waals surface area contributed by atoms with Gasteiger partial charge in [0.1, 0.15) is 5.75 Å². The molecule has 5 rings (SSSR count). The van der Waals surface area contributed by atoms with Crippen molar-refractivity contribution >= 4 is 0 Å². The number of benzene rings is 2. The molecule has 0 saturated heterocycles. The first-order valence-electron chi connectivity index (χ1n) is 11.6. The summed E-state index contributed by atoms with van der Waals surface area (Å²) in [5.74, 6) is 1.53. The first-order chi connectivity index (χ1) is 16.1. The molecule has 2 aromatic heterocycles. The van der Waals surface area contributed by atoms with Gasteiger partial charge in [-0.25, -0.2) is 9.97 Å². The van der Waals surface area contributed by atoms with Crippen LogP contribution in [0.3, 0.4) is 0 Å². The fourth-order valence-electron chi connectivity index (χ4n) is 4.11. The SMILES string of the molecule is CC(C)(c1ccc(CCc2ccnc(-n3ccnn3)n2)cc1)c1ccc(OC2CCC2)cc1. The second kappa shape index (κ2) is 9.14. The second-order valence-electron chi connectivity index (χ2n) is 9.21. The Balaban J connectivity index is 1.23. The maximum atomic E-state index is 6.01. The molecule has 1 aliphatic carbocycles. The Kier molecular flexibility index (Phi) is 5.90. The van der Waals surface area contributed by atoms with Crippen LogP contribution in [0.5, 0.6) is 5.75 Å². The molecule has 0 aliphatic heterocycles. The minimum atomic E-state index is -0.0765. The van der Waals surface area contributed by atoms with Crippen molar-refractivity contribution in [3.05, 3.63) is 95.6 Å². The molecule has 0 atom stereocenters. The van der Waals surface area contributed by atoms with Gasteiger partial charge in [0.25, 0.3) is 5.95 Å². The average molecular weight is 440 g/mol. The van der Waals surface area contributed by atoms with Gasteiger partial charge >= 0.3 is 0 Å². The van der Waals surface area contributed by atoms with E-state index in [0.717, 1.165) is 24.3 Å². The van der Waals surface area contributed by atoms with Gasteiger partial charge in [0, 0.05) is 17.3 Å². The third kappa shape index (κ3) is 4.80. The summed E-state index contributed by atoms with van der Waals surface area (Å²) in [6.07, 6.45) is 11.0. The van der Waals surface area contributed by atoms with E-state index in [1.165, 1.54) is 36.0 Å². The molecule has 2 heterocycles. The van der Waals surface area contributed by atoms with Gasteiger partial charge < -0.3 is 4.74 Å². The zero-order valence-corrected chi connectivity index (χ0v) is 19.2. The quantitative estimate of drug-likeness (QED) is 0.382. The van der Waals surface area contributed by atoms with Crippen LogP contribution in [0.15, 0.2) is 73.2 Å². The molecule has 33 heavy (non-hydrogen) atoms. The Bertz CT molecular complexity index is 1180. The standard InChI is InChI=1S/C27H29N5O/c1-27(2,22-11-14-25(15-12-22)33-24-4-3-5-24)21-9-6-20(7-10-21)8-13-23-16-17-28-26(30-23)32-19-18-29-31-32/h6-7,9-12,14-19,24H,3-5,8,13H2,1-2H3. The predicted octanol–water partition coefficient (Wildman–Crippen LogP) is 5.10. The lowest BCUT2D eigenvalue weighted by atomic mass is 9.78. The van der Waals surface area contributed by atoms with Gasteiger partial charge in [-0.3, -0.25) is 0 Å². The van der Waals surface area contributed by atoms with Gasteiger partial charge in [-0.15, -0.1) is 5.10 Å². The molecule has 0 amide bonds. The first kappa shape index (κ1) is 21.3.